The molecular formula is C30H31N3O. The molecule has 0 N–H and O–H groups in total. The van der Waals surface area contributed by atoms with E-state index in [9.17, 15) is 5.26 Å². The van der Waals surface area contributed by atoms with Crippen LogP contribution in [0.3, 0.4) is 0 Å². The Kier molecular flexibility index (Phi) is 4.79. The van der Waals surface area contributed by atoms with Gasteiger partial charge in [0.15, 0.2) is 0 Å². The lowest BCUT2D eigenvalue weighted by Crippen LogP contribution is -2.44. The summed E-state index contributed by atoms with van der Waals surface area (Å²) in [7, 11) is 0. The van der Waals surface area contributed by atoms with Crippen molar-refractivity contribution in [2.75, 3.05) is 0 Å². The molecule has 3 heterocycles. The van der Waals surface area contributed by atoms with E-state index < -0.39 is 0 Å². The minimum atomic E-state index is 0.235. The summed E-state index contributed by atoms with van der Waals surface area (Å²) in [5, 5.41) is 9.45. The van der Waals surface area contributed by atoms with E-state index in [1.165, 1.54) is 29.0 Å². The lowest BCUT2D eigenvalue weighted by molar-refractivity contribution is 0.0362. The number of ether oxygens (including phenoxy) is 1. The highest BCUT2D eigenvalue weighted by atomic mass is 16.5. The molecule has 0 aromatic carbocycles. The van der Waals surface area contributed by atoms with Crippen molar-refractivity contribution in [3.63, 3.8) is 0 Å². The zero-order chi connectivity index (χ0) is 22.6. The molecule has 0 aromatic heterocycles. The van der Waals surface area contributed by atoms with Crippen LogP contribution >= 0.6 is 0 Å². The maximum Gasteiger partial charge on any atom is 0.136 e. The third-order valence-corrected chi connectivity index (χ3v) is 8.88. The Bertz CT molecular complexity index is 1210. The van der Waals surface area contributed by atoms with Gasteiger partial charge in [-0.25, -0.2) is 0 Å². The number of nitrogens with zero attached hydrogens (tertiary/aromatic N) is 3. The van der Waals surface area contributed by atoms with Gasteiger partial charge in [-0.15, -0.1) is 0 Å². The number of hydrogen-bond donors (Lipinski definition) is 0. The molecule has 34 heavy (non-hydrogen) atoms. The molecule has 7 rings (SSSR count). The van der Waals surface area contributed by atoms with Crippen LogP contribution in [0, 0.1) is 29.1 Å². The first kappa shape index (κ1) is 20.3. The highest BCUT2D eigenvalue weighted by Crippen LogP contribution is 2.55. The van der Waals surface area contributed by atoms with E-state index in [0.29, 0.717) is 29.7 Å². The molecule has 172 valence electrons. The molecule has 0 spiro atoms. The zero-order valence-electron chi connectivity index (χ0n) is 19.6. The Hall–Kier alpha value is -3.06. The zero-order valence-corrected chi connectivity index (χ0v) is 19.6. The van der Waals surface area contributed by atoms with Gasteiger partial charge in [-0.1, -0.05) is 36.5 Å². The maximum absolute atomic E-state index is 9.45. The molecule has 1 fully saturated rings. The first-order valence-electron chi connectivity index (χ1n) is 13.1. The average molecular weight is 450 g/mol. The molecule has 0 saturated heterocycles. The van der Waals surface area contributed by atoms with Crippen LogP contribution in [0.5, 0.6) is 0 Å². The SMILES string of the molecule is N#CC1=CC(C2=C(N3C4=C(C=CCC4)C4CC5C6=C(CCC=C6)OC5CC43)CCC=C2)CC=N1. The van der Waals surface area contributed by atoms with Gasteiger partial charge in [-0.3, -0.25) is 4.99 Å². The second-order valence-corrected chi connectivity index (χ2v) is 10.6. The van der Waals surface area contributed by atoms with Crippen molar-refractivity contribution in [3.8, 4) is 6.07 Å². The maximum atomic E-state index is 9.45. The number of fused-ring (bicyclic) bond motifs is 4. The standard InChI is InChI=1S/C30H31N3O/c31-18-20-15-19(13-14-32-20)21-7-1-4-10-26(21)33-27-11-5-2-8-22(27)24-16-25-23-9-3-6-12-29(23)34-30(25)17-28(24)33/h1-3,7-9,14-15,19,24-25,28,30H,4-6,10-13,16-17H2. The smallest absolute Gasteiger partial charge is 0.136 e. The molecule has 0 bridgehead atoms. The van der Waals surface area contributed by atoms with Crippen molar-refractivity contribution in [2.45, 2.75) is 69.9 Å². The molecule has 0 aromatic rings. The van der Waals surface area contributed by atoms with Crippen LogP contribution in [0.4, 0.5) is 0 Å². The van der Waals surface area contributed by atoms with Crippen LogP contribution < -0.4 is 0 Å². The van der Waals surface area contributed by atoms with Crippen molar-refractivity contribution < 1.29 is 4.74 Å². The largest absolute Gasteiger partial charge is 0.494 e. The van der Waals surface area contributed by atoms with E-state index in [2.05, 4.69) is 58.5 Å². The number of hydrogen-bond acceptors (Lipinski definition) is 4. The topological polar surface area (TPSA) is 48.6 Å². The van der Waals surface area contributed by atoms with E-state index in [4.69, 9.17) is 4.74 Å². The van der Waals surface area contributed by atoms with E-state index in [1.54, 1.807) is 11.3 Å². The lowest BCUT2D eigenvalue weighted by atomic mass is 9.71. The van der Waals surface area contributed by atoms with Gasteiger partial charge in [0.05, 0.1) is 0 Å². The van der Waals surface area contributed by atoms with Crippen LogP contribution in [0.25, 0.3) is 0 Å². The number of rotatable bonds is 2. The van der Waals surface area contributed by atoms with Gasteiger partial charge in [0.2, 0.25) is 0 Å². The predicted molar refractivity (Wildman–Crippen MR) is 133 cm³/mol. The number of aliphatic imine (C=N–C) groups is 1. The van der Waals surface area contributed by atoms with Crippen molar-refractivity contribution in [3.05, 3.63) is 82.1 Å². The summed E-state index contributed by atoms with van der Waals surface area (Å²) in [4.78, 5) is 7.05. The normalized spacial score (nSPS) is 35.6. The molecule has 3 aliphatic heterocycles. The van der Waals surface area contributed by atoms with Crippen LogP contribution in [-0.4, -0.2) is 23.3 Å². The summed E-state index contributed by atoms with van der Waals surface area (Å²) in [5.41, 5.74) is 8.06. The molecule has 4 nitrogen and oxygen atoms in total. The first-order valence-corrected chi connectivity index (χ1v) is 13.1. The van der Waals surface area contributed by atoms with Gasteiger partial charge in [0.1, 0.15) is 23.6 Å². The summed E-state index contributed by atoms with van der Waals surface area (Å²) in [6.45, 7) is 0. The highest BCUT2D eigenvalue weighted by Gasteiger charge is 2.51. The van der Waals surface area contributed by atoms with E-state index in [-0.39, 0.29) is 5.92 Å². The lowest BCUT2D eigenvalue weighted by Gasteiger charge is -2.42. The molecule has 4 aliphatic carbocycles. The quantitative estimate of drug-likeness (QED) is 0.490. The molecule has 4 heteroatoms. The van der Waals surface area contributed by atoms with Crippen molar-refractivity contribution in [2.24, 2.45) is 22.7 Å². The van der Waals surface area contributed by atoms with E-state index >= 15 is 0 Å². The molecule has 5 unspecified atom stereocenters. The molecule has 7 aliphatic rings. The summed E-state index contributed by atoms with van der Waals surface area (Å²) >= 11 is 0. The monoisotopic (exact) mass is 449 g/mol. The fraction of sp³-hybridized carbons (Fsp3) is 0.467. The van der Waals surface area contributed by atoms with E-state index in [0.717, 1.165) is 51.4 Å². The molecular weight excluding hydrogens is 418 g/mol. The van der Waals surface area contributed by atoms with Crippen LogP contribution in [0.15, 0.2) is 87.1 Å². The third-order valence-electron chi connectivity index (χ3n) is 8.88. The molecule has 5 atom stereocenters. The summed E-state index contributed by atoms with van der Waals surface area (Å²) < 4.78 is 6.61. The second-order valence-electron chi connectivity index (χ2n) is 10.6. The average Bonchev–Trinajstić information content (AvgIpc) is 3.42. The third kappa shape index (κ3) is 3.06. The Labute approximate surface area is 202 Å². The molecule has 0 radical (unpaired) electrons. The fourth-order valence-electron chi connectivity index (χ4n) is 7.48. The van der Waals surface area contributed by atoms with Gasteiger partial charge < -0.3 is 9.64 Å². The van der Waals surface area contributed by atoms with Crippen molar-refractivity contribution >= 4 is 6.21 Å². The Balaban J connectivity index is 1.29. The highest BCUT2D eigenvalue weighted by molar-refractivity contribution is 5.64. The van der Waals surface area contributed by atoms with Gasteiger partial charge in [-0.05, 0) is 67.7 Å². The van der Waals surface area contributed by atoms with Crippen LogP contribution in [-0.2, 0) is 4.74 Å². The van der Waals surface area contributed by atoms with Gasteiger partial charge in [0, 0.05) is 54.2 Å². The Morgan fingerprint density at radius 1 is 0.882 bits per heavy atom. The molecule has 0 amide bonds. The van der Waals surface area contributed by atoms with Gasteiger partial charge in [0.25, 0.3) is 0 Å². The van der Waals surface area contributed by atoms with E-state index in [1.807, 2.05) is 6.21 Å². The van der Waals surface area contributed by atoms with Crippen LogP contribution in [0.1, 0.15) is 57.8 Å². The number of allylic oxidation sites excluding steroid dienone is 12. The Morgan fingerprint density at radius 3 is 2.44 bits per heavy atom. The summed E-state index contributed by atoms with van der Waals surface area (Å²) in [6.07, 6.45) is 28.3. The predicted octanol–water partition coefficient (Wildman–Crippen LogP) is 6.41. The first-order chi connectivity index (χ1) is 16.8. The minimum absolute atomic E-state index is 0.235. The van der Waals surface area contributed by atoms with Crippen molar-refractivity contribution in [1.29, 1.82) is 5.26 Å². The van der Waals surface area contributed by atoms with Gasteiger partial charge >= 0.3 is 0 Å². The van der Waals surface area contributed by atoms with Crippen LogP contribution in [0.2, 0.25) is 0 Å². The molecule has 1 saturated carbocycles. The van der Waals surface area contributed by atoms with Gasteiger partial charge in [-0.2, -0.15) is 5.26 Å². The fourth-order valence-corrected chi connectivity index (χ4v) is 7.48. The number of nitriles is 1. The summed E-state index contributed by atoms with van der Waals surface area (Å²) in [5.74, 6) is 2.64. The second kappa shape index (κ2) is 8.01. The summed E-state index contributed by atoms with van der Waals surface area (Å²) in [6, 6.07) is 2.73. The van der Waals surface area contributed by atoms with Crippen molar-refractivity contribution in [1.82, 2.24) is 4.90 Å². The Morgan fingerprint density at radius 2 is 1.62 bits per heavy atom. The minimum Gasteiger partial charge on any atom is -0.494 e.